The van der Waals surface area contributed by atoms with Crippen molar-refractivity contribution in [1.82, 2.24) is 4.90 Å². The minimum Gasteiger partial charge on any atom is -0.330 e. The van der Waals surface area contributed by atoms with E-state index in [2.05, 4.69) is 43.3 Å². The van der Waals surface area contributed by atoms with E-state index in [1.807, 2.05) is 23.1 Å². The van der Waals surface area contributed by atoms with Crippen molar-refractivity contribution < 1.29 is 0 Å². The second-order valence-electron chi connectivity index (χ2n) is 3.81. The molecule has 16 heavy (non-hydrogen) atoms. The molecular formula is C12H20N2S2. The fraction of sp³-hybridized carbons (Fsp3) is 0.500. The lowest BCUT2D eigenvalue weighted by molar-refractivity contribution is 0.457. The van der Waals surface area contributed by atoms with Gasteiger partial charge in [0.2, 0.25) is 0 Å². The lowest BCUT2D eigenvalue weighted by atomic mass is 10.4. The fourth-order valence-corrected chi connectivity index (χ4v) is 3.03. The van der Waals surface area contributed by atoms with Gasteiger partial charge in [0.05, 0.1) is 0 Å². The third-order valence-electron chi connectivity index (χ3n) is 1.94. The first-order valence-corrected chi connectivity index (χ1v) is 7.37. The van der Waals surface area contributed by atoms with Crippen LogP contribution in [0.2, 0.25) is 0 Å². The Labute approximate surface area is 107 Å². The van der Waals surface area contributed by atoms with E-state index in [-0.39, 0.29) is 0 Å². The van der Waals surface area contributed by atoms with Crippen LogP contribution < -0.4 is 5.73 Å². The molecule has 0 fully saturated rings. The second kappa shape index (κ2) is 7.90. The molecule has 0 aliphatic rings. The monoisotopic (exact) mass is 256 g/mol. The van der Waals surface area contributed by atoms with E-state index in [1.165, 1.54) is 9.75 Å². The average molecular weight is 256 g/mol. The van der Waals surface area contributed by atoms with Crippen LogP contribution in [0.25, 0.3) is 6.08 Å². The van der Waals surface area contributed by atoms with Gasteiger partial charge >= 0.3 is 0 Å². The number of likely N-dealkylation sites (N-methyl/N-ethyl adjacent to an activating group) is 1. The summed E-state index contributed by atoms with van der Waals surface area (Å²) in [4.78, 5) is 4.93. The van der Waals surface area contributed by atoms with Crippen molar-refractivity contribution in [2.75, 3.05) is 32.9 Å². The molecule has 0 bridgehead atoms. The zero-order chi connectivity index (χ0) is 11.8. The smallest absolute Gasteiger partial charge is 0.0279 e. The van der Waals surface area contributed by atoms with E-state index in [4.69, 9.17) is 5.73 Å². The van der Waals surface area contributed by atoms with Crippen LogP contribution in [0.5, 0.6) is 0 Å². The summed E-state index contributed by atoms with van der Waals surface area (Å²) in [6, 6.07) is 4.40. The number of hydrogen-bond donors (Lipinski definition) is 1. The molecule has 1 rings (SSSR count). The maximum atomic E-state index is 5.46. The van der Waals surface area contributed by atoms with E-state index < -0.39 is 0 Å². The summed E-state index contributed by atoms with van der Waals surface area (Å²) in [6.45, 7) is 1.76. The van der Waals surface area contributed by atoms with Crippen LogP contribution in [0, 0.1) is 0 Å². The van der Waals surface area contributed by atoms with Gasteiger partial charge in [0.25, 0.3) is 0 Å². The van der Waals surface area contributed by atoms with Crippen molar-refractivity contribution in [3.63, 3.8) is 0 Å². The Hall–Kier alpha value is -0.290. The van der Waals surface area contributed by atoms with Crippen LogP contribution in [0.1, 0.15) is 9.75 Å². The summed E-state index contributed by atoms with van der Waals surface area (Å²) in [7, 11) is 4.15. The Morgan fingerprint density at radius 3 is 2.94 bits per heavy atom. The number of thioether (sulfide) groups is 1. The van der Waals surface area contributed by atoms with Crippen LogP contribution >= 0.6 is 23.1 Å². The van der Waals surface area contributed by atoms with Crippen molar-refractivity contribution in [2.45, 2.75) is 5.75 Å². The van der Waals surface area contributed by atoms with Crippen LogP contribution in [-0.4, -0.2) is 37.8 Å². The highest BCUT2D eigenvalue weighted by Crippen LogP contribution is 2.22. The van der Waals surface area contributed by atoms with Gasteiger partial charge in [0, 0.05) is 34.3 Å². The molecule has 0 unspecified atom stereocenters. The lowest BCUT2D eigenvalue weighted by Gasteiger charge is -2.02. The van der Waals surface area contributed by atoms with Crippen molar-refractivity contribution in [3.05, 3.63) is 28.0 Å². The number of rotatable bonds is 7. The van der Waals surface area contributed by atoms with Gasteiger partial charge in [-0.3, -0.25) is 0 Å². The zero-order valence-corrected chi connectivity index (χ0v) is 11.6. The minimum absolute atomic E-state index is 0.769. The van der Waals surface area contributed by atoms with Gasteiger partial charge in [0.1, 0.15) is 0 Å². The molecule has 0 aromatic carbocycles. The standard InChI is InChI=1S/C12H20N2S2/c1-14(2)8-3-4-11-5-6-12(16-11)10-15-9-7-13/h3-6H,7-10,13H2,1-2H3/b4-3+. The fourth-order valence-electron chi connectivity index (χ4n) is 1.20. The molecule has 0 aliphatic carbocycles. The van der Waals surface area contributed by atoms with Crippen molar-refractivity contribution in [2.24, 2.45) is 5.73 Å². The molecule has 0 atom stereocenters. The van der Waals surface area contributed by atoms with Gasteiger partial charge < -0.3 is 10.6 Å². The third kappa shape index (κ3) is 5.70. The Bertz CT molecular complexity index is 319. The van der Waals surface area contributed by atoms with Crippen molar-refractivity contribution >= 4 is 29.2 Å². The molecule has 0 saturated heterocycles. The highest BCUT2D eigenvalue weighted by atomic mass is 32.2. The summed E-state index contributed by atoms with van der Waals surface area (Å²) in [5, 5.41) is 0. The molecular weight excluding hydrogens is 236 g/mol. The molecule has 0 radical (unpaired) electrons. The van der Waals surface area contributed by atoms with Crippen LogP contribution in [0.4, 0.5) is 0 Å². The third-order valence-corrected chi connectivity index (χ3v) is 4.21. The first-order valence-electron chi connectivity index (χ1n) is 5.40. The summed E-state index contributed by atoms with van der Waals surface area (Å²) < 4.78 is 0. The quantitative estimate of drug-likeness (QED) is 0.760. The van der Waals surface area contributed by atoms with E-state index >= 15 is 0 Å². The van der Waals surface area contributed by atoms with Gasteiger partial charge in [-0.1, -0.05) is 6.08 Å². The topological polar surface area (TPSA) is 29.3 Å². The molecule has 1 aromatic heterocycles. The zero-order valence-electron chi connectivity index (χ0n) is 9.98. The number of nitrogens with zero attached hydrogens (tertiary/aromatic N) is 1. The van der Waals surface area contributed by atoms with Gasteiger partial charge in [0.15, 0.2) is 0 Å². The Balaban J connectivity index is 2.36. The van der Waals surface area contributed by atoms with Crippen LogP contribution in [-0.2, 0) is 5.75 Å². The first-order chi connectivity index (χ1) is 7.72. The normalized spacial score (nSPS) is 11.8. The Morgan fingerprint density at radius 2 is 2.25 bits per heavy atom. The molecule has 4 heteroatoms. The summed E-state index contributed by atoms with van der Waals surface area (Å²) >= 11 is 3.77. The van der Waals surface area contributed by atoms with E-state index in [0.29, 0.717) is 0 Å². The summed E-state index contributed by atoms with van der Waals surface area (Å²) in [5.41, 5.74) is 5.46. The van der Waals surface area contributed by atoms with E-state index in [1.54, 1.807) is 0 Å². The molecule has 0 aliphatic heterocycles. The number of nitrogens with two attached hydrogens (primary N) is 1. The van der Waals surface area contributed by atoms with Crippen molar-refractivity contribution in [1.29, 1.82) is 0 Å². The number of hydrogen-bond acceptors (Lipinski definition) is 4. The molecule has 0 spiro atoms. The van der Waals surface area contributed by atoms with Gasteiger partial charge in [-0.15, -0.1) is 11.3 Å². The first kappa shape index (κ1) is 13.8. The lowest BCUT2D eigenvalue weighted by Crippen LogP contribution is -2.10. The van der Waals surface area contributed by atoms with Crippen molar-refractivity contribution in [3.8, 4) is 0 Å². The second-order valence-corrected chi connectivity index (χ2v) is 6.12. The summed E-state index contributed by atoms with van der Waals surface area (Å²) in [6.07, 6.45) is 4.39. The van der Waals surface area contributed by atoms with Gasteiger partial charge in [-0.25, -0.2) is 0 Å². The highest BCUT2D eigenvalue weighted by molar-refractivity contribution is 7.98. The average Bonchev–Trinajstić information content (AvgIpc) is 2.66. The summed E-state index contributed by atoms with van der Waals surface area (Å²) in [5.74, 6) is 2.13. The van der Waals surface area contributed by atoms with E-state index in [9.17, 15) is 0 Å². The largest absolute Gasteiger partial charge is 0.330 e. The maximum absolute atomic E-state index is 5.46. The molecule has 1 heterocycles. The molecule has 2 N–H and O–H groups in total. The SMILES string of the molecule is CN(C)C/C=C/c1ccc(CSCCN)s1. The van der Waals surface area contributed by atoms with Crippen LogP contribution in [0.3, 0.4) is 0 Å². The van der Waals surface area contributed by atoms with Crippen LogP contribution in [0.15, 0.2) is 18.2 Å². The maximum Gasteiger partial charge on any atom is 0.0279 e. The molecule has 0 amide bonds. The predicted octanol–water partition coefficient (Wildman–Crippen LogP) is 2.51. The Morgan fingerprint density at radius 1 is 1.44 bits per heavy atom. The Kier molecular flexibility index (Phi) is 6.80. The van der Waals surface area contributed by atoms with E-state index in [0.717, 1.165) is 24.6 Å². The van der Waals surface area contributed by atoms with Gasteiger partial charge in [-0.05, 0) is 32.3 Å². The molecule has 90 valence electrons. The number of thiophene rings is 1. The minimum atomic E-state index is 0.769. The predicted molar refractivity (Wildman–Crippen MR) is 77.1 cm³/mol. The molecule has 0 saturated carbocycles. The van der Waals surface area contributed by atoms with Gasteiger partial charge in [-0.2, -0.15) is 11.8 Å². The highest BCUT2D eigenvalue weighted by Gasteiger charge is 1.97. The molecule has 1 aromatic rings. The molecule has 2 nitrogen and oxygen atoms in total.